The van der Waals surface area contributed by atoms with Crippen LogP contribution in [0.2, 0.25) is 0 Å². The highest BCUT2D eigenvalue weighted by Gasteiger charge is 2.24. The van der Waals surface area contributed by atoms with Gasteiger partial charge in [0, 0.05) is 17.7 Å². The topological polar surface area (TPSA) is 117 Å². The number of aromatic nitrogens is 1. The lowest BCUT2D eigenvalue weighted by Crippen LogP contribution is -2.24. The lowest BCUT2D eigenvalue weighted by Gasteiger charge is -2.10. The first-order chi connectivity index (χ1) is 16.5. The van der Waals surface area contributed by atoms with Gasteiger partial charge in [-0.25, -0.2) is 0 Å². The number of methoxy groups -OCH3 is 2. The highest BCUT2D eigenvalue weighted by atomic mass is 16.6. The predicted molar refractivity (Wildman–Crippen MR) is 125 cm³/mol. The summed E-state index contributed by atoms with van der Waals surface area (Å²) in [6, 6.07) is 22.0. The van der Waals surface area contributed by atoms with Gasteiger partial charge >= 0.3 is 0 Å². The van der Waals surface area contributed by atoms with Crippen LogP contribution in [-0.4, -0.2) is 30.2 Å². The second kappa shape index (κ2) is 9.86. The molecular formula is C25H21N3O6. The number of amides is 1. The summed E-state index contributed by atoms with van der Waals surface area (Å²) in [4.78, 5) is 23.5. The van der Waals surface area contributed by atoms with Crippen LogP contribution >= 0.6 is 0 Å². The van der Waals surface area contributed by atoms with E-state index in [1.54, 1.807) is 6.07 Å². The average Bonchev–Trinajstić information content (AvgIpc) is 3.36. The van der Waals surface area contributed by atoms with Crippen molar-refractivity contribution < 1.29 is 23.7 Å². The van der Waals surface area contributed by atoms with Gasteiger partial charge < -0.3 is 19.3 Å². The summed E-state index contributed by atoms with van der Waals surface area (Å²) in [6.07, 6.45) is 0. The van der Waals surface area contributed by atoms with E-state index >= 15 is 0 Å². The minimum absolute atomic E-state index is 0.0237. The van der Waals surface area contributed by atoms with Gasteiger partial charge in [0.25, 0.3) is 11.6 Å². The van der Waals surface area contributed by atoms with Crippen molar-refractivity contribution in [2.45, 2.75) is 6.54 Å². The fourth-order valence-corrected chi connectivity index (χ4v) is 3.46. The highest BCUT2D eigenvalue weighted by Crippen LogP contribution is 2.34. The van der Waals surface area contributed by atoms with Crippen molar-refractivity contribution in [3.05, 3.63) is 94.2 Å². The first-order valence-corrected chi connectivity index (χ1v) is 10.3. The van der Waals surface area contributed by atoms with E-state index in [1.807, 2.05) is 54.6 Å². The van der Waals surface area contributed by atoms with Gasteiger partial charge in [0.2, 0.25) is 0 Å². The zero-order chi connectivity index (χ0) is 24.1. The molecule has 34 heavy (non-hydrogen) atoms. The molecule has 0 bridgehead atoms. The number of hydrogen-bond donors (Lipinski definition) is 1. The number of rotatable bonds is 8. The van der Waals surface area contributed by atoms with Gasteiger partial charge in [-0.1, -0.05) is 59.8 Å². The molecule has 4 aromatic rings. The molecular weight excluding hydrogens is 438 g/mol. The smallest absolute Gasteiger partial charge is 0.286 e. The van der Waals surface area contributed by atoms with Crippen LogP contribution in [0.3, 0.4) is 0 Å². The van der Waals surface area contributed by atoms with Crippen molar-refractivity contribution in [2.24, 2.45) is 0 Å². The fraction of sp³-hybridized carbons (Fsp3) is 0.120. The molecule has 0 unspecified atom stereocenters. The molecule has 0 radical (unpaired) electrons. The van der Waals surface area contributed by atoms with Crippen LogP contribution in [0.25, 0.3) is 22.5 Å². The van der Waals surface area contributed by atoms with Gasteiger partial charge in [0.05, 0.1) is 31.8 Å². The number of nitrogens with one attached hydrogen (secondary N) is 1. The summed E-state index contributed by atoms with van der Waals surface area (Å²) in [5.41, 5.74) is 2.95. The molecule has 0 aliphatic rings. The Balaban J connectivity index is 1.47. The summed E-state index contributed by atoms with van der Waals surface area (Å²) in [6.45, 7) is 0.0237. The van der Waals surface area contributed by atoms with Crippen molar-refractivity contribution in [3.8, 4) is 33.9 Å². The monoisotopic (exact) mass is 459 g/mol. The van der Waals surface area contributed by atoms with Gasteiger partial charge in [-0.2, -0.15) is 0 Å². The Morgan fingerprint density at radius 2 is 1.56 bits per heavy atom. The second-order valence-corrected chi connectivity index (χ2v) is 7.29. The molecule has 0 saturated carbocycles. The minimum atomic E-state index is -0.649. The van der Waals surface area contributed by atoms with Crippen LogP contribution < -0.4 is 14.8 Å². The molecule has 3 aromatic carbocycles. The fourth-order valence-electron chi connectivity index (χ4n) is 3.46. The van der Waals surface area contributed by atoms with Gasteiger partial charge in [-0.3, -0.25) is 14.9 Å². The van der Waals surface area contributed by atoms with E-state index in [4.69, 9.17) is 14.0 Å². The van der Waals surface area contributed by atoms with Crippen LogP contribution in [0, 0.1) is 10.1 Å². The standard InChI is InChI=1S/C25H21N3O6/c1-32-23-13-20(21(28(30)31)14-24(23)33-2)25(29)26-15-19-12-22(34-27-19)18-10-8-17(9-11-18)16-6-4-3-5-7-16/h3-14H,15H2,1-2H3,(H,26,29). The summed E-state index contributed by atoms with van der Waals surface area (Å²) < 4.78 is 15.7. The van der Waals surface area contributed by atoms with Gasteiger partial charge in [0.1, 0.15) is 11.3 Å². The maximum atomic E-state index is 12.7. The lowest BCUT2D eigenvalue weighted by atomic mass is 10.0. The summed E-state index contributed by atoms with van der Waals surface area (Å²) in [5.74, 6) is 0.261. The van der Waals surface area contributed by atoms with E-state index in [0.29, 0.717) is 11.5 Å². The quantitative estimate of drug-likeness (QED) is 0.295. The largest absolute Gasteiger partial charge is 0.493 e. The van der Waals surface area contributed by atoms with E-state index in [1.165, 1.54) is 20.3 Å². The highest BCUT2D eigenvalue weighted by molar-refractivity contribution is 5.99. The Bertz CT molecular complexity index is 1320. The minimum Gasteiger partial charge on any atom is -0.493 e. The van der Waals surface area contributed by atoms with Crippen LogP contribution in [-0.2, 0) is 6.54 Å². The van der Waals surface area contributed by atoms with Crippen LogP contribution in [0.4, 0.5) is 5.69 Å². The van der Waals surface area contributed by atoms with Crippen LogP contribution in [0.5, 0.6) is 11.5 Å². The normalized spacial score (nSPS) is 10.5. The van der Waals surface area contributed by atoms with Crippen molar-refractivity contribution >= 4 is 11.6 Å². The molecule has 0 aliphatic carbocycles. The molecule has 9 nitrogen and oxygen atoms in total. The number of benzene rings is 3. The van der Waals surface area contributed by atoms with Crippen LogP contribution in [0.15, 0.2) is 77.3 Å². The molecule has 0 spiro atoms. The lowest BCUT2D eigenvalue weighted by molar-refractivity contribution is -0.385. The first kappa shape index (κ1) is 22.5. The number of carbonyl (C=O) groups is 1. The number of ether oxygens (including phenoxy) is 2. The molecule has 1 aromatic heterocycles. The molecule has 172 valence electrons. The zero-order valence-corrected chi connectivity index (χ0v) is 18.5. The Morgan fingerprint density at radius 1 is 0.941 bits per heavy atom. The van der Waals surface area contributed by atoms with Gasteiger partial charge in [-0.05, 0) is 11.1 Å². The van der Waals surface area contributed by atoms with Crippen LogP contribution in [0.1, 0.15) is 16.1 Å². The molecule has 0 fully saturated rings. The number of hydrogen-bond acceptors (Lipinski definition) is 7. The third kappa shape index (κ3) is 4.73. The molecule has 0 atom stereocenters. The van der Waals surface area contributed by atoms with Gasteiger partial charge in [0.15, 0.2) is 17.3 Å². The maximum absolute atomic E-state index is 12.7. The Hall–Kier alpha value is -4.66. The van der Waals surface area contributed by atoms with Crippen molar-refractivity contribution in [2.75, 3.05) is 14.2 Å². The van der Waals surface area contributed by atoms with Crippen molar-refractivity contribution in [1.29, 1.82) is 0 Å². The molecule has 9 heteroatoms. The maximum Gasteiger partial charge on any atom is 0.286 e. The molecule has 1 N–H and O–H groups in total. The molecule has 0 saturated heterocycles. The third-order valence-electron chi connectivity index (χ3n) is 5.21. The Kier molecular flexibility index (Phi) is 6.54. The summed E-state index contributed by atoms with van der Waals surface area (Å²) in [5, 5.41) is 18.1. The predicted octanol–water partition coefficient (Wildman–Crippen LogP) is 4.86. The second-order valence-electron chi connectivity index (χ2n) is 7.29. The number of nitrogens with zero attached hydrogens (tertiary/aromatic N) is 2. The number of carbonyl (C=O) groups excluding carboxylic acids is 1. The third-order valence-corrected chi connectivity index (χ3v) is 5.21. The molecule has 0 aliphatic heterocycles. The van der Waals surface area contributed by atoms with Crippen molar-refractivity contribution in [1.82, 2.24) is 10.5 Å². The van der Waals surface area contributed by atoms with E-state index < -0.39 is 16.5 Å². The molecule has 1 heterocycles. The molecule has 4 rings (SSSR count). The number of nitro benzene ring substituents is 1. The Labute approximate surface area is 195 Å². The van der Waals surface area contributed by atoms with E-state index in [-0.39, 0.29) is 23.6 Å². The Morgan fingerprint density at radius 3 is 2.21 bits per heavy atom. The van der Waals surface area contributed by atoms with E-state index in [0.717, 1.165) is 22.8 Å². The summed E-state index contributed by atoms with van der Waals surface area (Å²) >= 11 is 0. The van der Waals surface area contributed by atoms with E-state index in [9.17, 15) is 14.9 Å². The average molecular weight is 459 g/mol. The van der Waals surface area contributed by atoms with Gasteiger partial charge in [-0.15, -0.1) is 0 Å². The SMILES string of the molecule is COc1cc(C(=O)NCc2cc(-c3ccc(-c4ccccc4)cc3)on2)c([N+](=O)[O-])cc1OC. The summed E-state index contributed by atoms with van der Waals surface area (Å²) in [7, 11) is 2.74. The van der Waals surface area contributed by atoms with Crippen molar-refractivity contribution in [3.63, 3.8) is 0 Å². The zero-order valence-electron chi connectivity index (χ0n) is 18.5. The first-order valence-electron chi connectivity index (χ1n) is 10.3. The van der Waals surface area contributed by atoms with E-state index in [2.05, 4.69) is 10.5 Å². The molecule has 1 amide bonds. The number of nitro groups is 1.